The lowest BCUT2D eigenvalue weighted by atomic mass is 10.0. The summed E-state index contributed by atoms with van der Waals surface area (Å²) < 4.78 is 5.24. The summed E-state index contributed by atoms with van der Waals surface area (Å²) in [5.74, 6) is 1.81. The quantitative estimate of drug-likeness (QED) is 0.854. The van der Waals surface area contributed by atoms with Gasteiger partial charge >= 0.3 is 0 Å². The molecule has 1 aromatic carbocycles. The minimum Gasteiger partial charge on any atom is -0.497 e. The minimum atomic E-state index is 0.569. The molecule has 2 nitrogen and oxygen atoms in total. The summed E-state index contributed by atoms with van der Waals surface area (Å²) in [6.07, 6.45) is 8.29. The van der Waals surface area contributed by atoms with Crippen molar-refractivity contribution in [3.05, 3.63) is 29.8 Å². The van der Waals surface area contributed by atoms with Gasteiger partial charge in [-0.1, -0.05) is 25.0 Å². The fourth-order valence-electron chi connectivity index (χ4n) is 3.09. The third kappa shape index (κ3) is 2.69. The van der Waals surface area contributed by atoms with Crippen molar-refractivity contribution in [2.24, 2.45) is 5.92 Å². The third-order valence-electron chi connectivity index (χ3n) is 4.34. The Morgan fingerprint density at radius 3 is 2.28 bits per heavy atom. The van der Waals surface area contributed by atoms with Crippen LogP contribution in [0.3, 0.4) is 0 Å². The highest BCUT2D eigenvalue weighted by atomic mass is 16.5. The second kappa shape index (κ2) is 5.31. The molecular weight excluding hydrogens is 222 g/mol. The highest BCUT2D eigenvalue weighted by Gasteiger charge is 2.34. The van der Waals surface area contributed by atoms with Gasteiger partial charge in [-0.3, -0.25) is 0 Å². The molecule has 1 atom stereocenters. The average molecular weight is 245 g/mol. The molecule has 2 heteroatoms. The number of rotatable bonds is 5. The molecule has 0 radical (unpaired) electrons. The first-order valence-corrected chi connectivity index (χ1v) is 7.27. The summed E-state index contributed by atoms with van der Waals surface area (Å²) in [6, 6.07) is 9.94. The Kier molecular flexibility index (Phi) is 3.55. The van der Waals surface area contributed by atoms with Gasteiger partial charge in [0.1, 0.15) is 5.75 Å². The van der Waals surface area contributed by atoms with Crippen LogP contribution in [0.5, 0.6) is 5.75 Å². The van der Waals surface area contributed by atoms with Gasteiger partial charge in [-0.15, -0.1) is 0 Å². The molecule has 3 rings (SSSR count). The van der Waals surface area contributed by atoms with E-state index in [-0.39, 0.29) is 0 Å². The van der Waals surface area contributed by atoms with Gasteiger partial charge < -0.3 is 10.1 Å². The second-order valence-corrected chi connectivity index (χ2v) is 5.74. The maximum Gasteiger partial charge on any atom is 0.118 e. The number of nitrogens with one attached hydrogen (secondary N) is 1. The lowest BCUT2D eigenvalue weighted by Gasteiger charge is -2.23. The van der Waals surface area contributed by atoms with Crippen LogP contribution >= 0.6 is 0 Å². The van der Waals surface area contributed by atoms with E-state index in [9.17, 15) is 0 Å². The van der Waals surface area contributed by atoms with Gasteiger partial charge in [-0.05, 0) is 49.3 Å². The highest BCUT2D eigenvalue weighted by molar-refractivity contribution is 5.30. The van der Waals surface area contributed by atoms with Crippen LogP contribution in [-0.4, -0.2) is 13.2 Å². The molecule has 1 N–H and O–H groups in total. The van der Waals surface area contributed by atoms with E-state index >= 15 is 0 Å². The van der Waals surface area contributed by atoms with Gasteiger partial charge in [0, 0.05) is 12.1 Å². The Bertz CT molecular complexity index is 377. The first kappa shape index (κ1) is 12.0. The van der Waals surface area contributed by atoms with Crippen molar-refractivity contribution in [1.82, 2.24) is 5.32 Å². The van der Waals surface area contributed by atoms with Crippen LogP contribution in [0.1, 0.15) is 50.1 Å². The Morgan fingerprint density at radius 2 is 1.72 bits per heavy atom. The lowest BCUT2D eigenvalue weighted by molar-refractivity contribution is 0.402. The van der Waals surface area contributed by atoms with E-state index in [4.69, 9.17) is 4.74 Å². The number of methoxy groups -OCH3 is 1. The monoisotopic (exact) mass is 245 g/mol. The number of ether oxygens (including phenoxy) is 1. The van der Waals surface area contributed by atoms with E-state index in [0.29, 0.717) is 6.04 Å². The summed E-state index contributed by atoms with van der Waals surface area (Å²) in [4.78, 5) is 0. The molecule has 0 saturated heterocycles. The fourth-order valence-corrected chi connectivity index (χ4v) is 3.09. The van der Waals surface area contributed by atoms with Gasteiger partial charge in [-0.2, -0.15) is 0 Å². The molecule has 98 valence electrons. The molecule has 2 saturated carbocycles. The van der Waals surface area contributed by atoms with E-state index < -0.39 is 0 Å². The van der Waals surface area contributed by atoms with Crippen molar-refractivity contribution in [3.8, 4) is 5.75 Å². The van der Waals surface area contributed by atoms with Crippen molar-refractivity contribution in [1.29, 1.82) is 0 Å². The Labute approximate surface area is 110 Å². The van der Waals surface area contributed by atoms with Crippen molar-refractivity contribution < 1.29 is 4.74 Å². The normalized spacial score (nSPS) is 22.1. The molecule has 0 bridgehead atoms. The Hall–Kier alpha value is -1.02. The molecule has 18 heavy (non-hydrogen) atoms. The van der Waals surface area contributed by atoms with Crippen LogP contribution < -0.4 is 10.1 Å². The molecule has 0 amide bonds. The summed E-state index contributed by atoms with van der Waals surface area (Å²) in [6.45, 7) is 0. The zero-order valence-electron chi connectivity index (χ0n) is 11.2. The highest BCUT2D eigenvalue weighted by Crippen LogP contribution is 2.42. The zero-order valence-corrected chi connectivity index (χ0v) is 11.2. The molecule has 1 aromatic rings. The van der Waals surface area contributed by atoms with E-state index in [0.717, 1.165) is 17.7 Å². The smallest absolute Gasteiger partial charge is 0.118 e. The predicted molar refractivity (Wildman–Crippen MR) is 73.9 cm³/mol. The van der Waals surface area contributed by atoms with E-state index in [2.05, 4.69) is 29.6 Å². The maximum atomic E-state index is 5.24. The Balaban J connectivity index is 1.71. The van der Waals surface area contributed by atoms with Crippen LogP contribution in [0, 0.1) is 5.92 Å². The van der Waals surface area contributed by atoms with E-state index in [1.807, 2.05) is 0 Å². The summed E-state index contributed by atoms with van der Waals surface area (Å²) >= 11 is 0. The standard InChI is InChI=1S/C16H23NO/c1-18-15-10-8-13(9-11-15)16(12-6-7-12)17-14-4-2-3-5-14/h8-12,14,16-17H,2-7H2,1H3. The van der Waals surface area contributed by atoms with Crippen LogP contribution in [0.4, 0.5) is 0 Å². The molecule has 0 aromatic heterocycles. The first-order valence-electron chi connectivity index (χ1n) is 7.27. The molecule has 2 aliphatic carbocycles. The van der Waals surface area contributed by atoms with Crippen LogP contribution in [0.15, 0.2) is 24.3 Å². The summed E-state index contributed by atoms with van der Waals surface area (Å²) in [5.41, 5.74) is 1.44. The van der Waals surface area contributed by atoms with Crippen LogP contribution in [-0.2, 0) is 0 Å². The van der Waals surface area contributed by atoms with Gasteiger partial charge in [0.2, 0.25) is 0 Å². The van der Waals surface area contributed by atoms with Crippen LogP contribution in [0.25, 0.3) is 0 Å². The van der Waals surface area contributed by atoms with Gasteiger partial charge in [0.05, 0.1) is 7.11 Å². The lowest BCUT2D eigenvalue weighted by Crippen LogP contribution is -2.31. The SMILES string of the molecule is COc1ccc(C(NC2CCCC2)C2CC2)cc1. The topological polar surface area (TPSA) is 21.3 Å². The minimum absolute atomic E-state index is 0.569. The average Bonchev–Trinajstić information content (AvgIpc) is 3.13. The van der Waals surface area contributed by atoms with Crippen LogP contribution in [0.2, 0.25) is 0 Å². The summed E-state index contributed by atoms with van der Waals surface area (Å²) in [7, 11) is 1.73. The van der Waals surface area contributed by atoms with Crippen molar-refractivity contribution in [2.75, 3.05) is 7.11 Å². The van der Waals surface area contributed by atoms with Crippen molar-refractivity contribution in [3.63, 3.8) is 0 Å². The molecule has 1 unspecified atom stereocenters. The molecule has 2 fully saturated rings. The number of hydrogen-bond acceptors (Lipinski definition) is 2. The van der Waals surface area contributed by atoms with Crippen molar-refractivity contribution >= 4 is 0 Å². The van der Waals surface area contributed by atoms with Gasteiger partial charge in [0.25, 0.3) is 0 Å². The predicted octanol–water partition coefficient (Wildman–Crippen LogP) is 3.68. The number of benzene rings is 1. The molecule has 0 spiro atoms. The molecule has 0 aliphatic heterocycles. The third-order valence-corrected chi connectivity index (χ3v) is 4.34. The second-order valence-electron chi connectivity index (χ2n) is 5.74. The first-order chi connectivity index (χ1) is 8.86. The summed E-state index contributed by atoms with van der Waals surface area (Å²) in [5, 5.41) is 3.89. The molecular formula is C16H23NO. The van der Waals surface area contributed by atoms with E-state index in [1.165, 1.54) is 44.1 Å². The fraction of sp³-hybridized carbons (Fsp3) is 0.625. The number of hydrogen-bond donors (Lipinski definition) is 1. The van der Waals surface area contributed by atoms with E-state index in [1.54, 1.807) is 7.11 Å². The molecule has 0 heterocycles. The maximum absolute atomic E-state index is 5.24. The van der Waals surface area contributed by atoms with Gasteiger partial charge in [-0.25, -0.2) is 0 Å². The zero-order chi connectivity index (χ0) is 12.4. The molecule has 2 aliphatic rings. The van der Waals surface area contributed by atoms with Crippen molar-refractivity contribution in [2.45, 2.75) is 50.6 Å². The Morgan fingerprint density at radius 1 is 1.06 bits per heavy atom. The largest absolute Gasteiger partial charge is 0.497 e. The van der Waals surface area contributed by atoms with Gasteiger partial charge in [0.15, 0.2) is 0 Å².